The van der Waals surface area contributed by atoms with Gasteiger partial charge in [0.15, 0.2) is 0 Å². The summed E-state index contributed by atoms with van der Waals surface area (Å²) >= 11 is 1.53. The first-order valence-electron chi connectivity index (χ1n) is 6.50. The SMILES string of the molecule is Cc1ncsc1CN(C)C(=O)NCC(C)CCC(=O)O. The van der Waals surface area contributed by atoms with Gasteiger partial charge in [-0.1, -0.05) is 6.92 Å². The van der Waals surface area contributed by atoms with Crippen molar-refractivity contribution in [3.63, 3.8) is 0 Å². The number of thiazole rings is 1. The Morgan fingerprint density at radius 3 is 2.80 bits per heavy atom. The second-order valence-electron chi connectivity index (χ2n) is 4.94. The van der Waals surface area contributed by atoms with E-state index in [2.05, 4.69) is 10.3 Å². The largest absolute Gasteiger partial charge is 0.481 e. The van der Waals surface area contributed by atoms with Crippen molar-refractivity contribution in [2.24, 2.45) is 5.92 Å². The fourth-order valence-corrected chi connectivity index (χ4v) is 2.46. The maximum atomic E-state index is 11.9. The number of hydrogen-bond acceptors (Lipinski definition) is 4. The highest BCUT2D eigenvalue weighted by molar-refractivity contribution is 7.09. The number of carboxylic acids is 1. The molecule has 0 spiro atoms. The summed E-state index contributed by atoms with van der Waals surface area (Å²) in [5, 5.41) is 11.4. The molecule has 0 aliphatic heterocycles. The molecule has 1 heterocycles. The lowest BCUT2D eigenvalue weighted by Gasteiger charge is -2.19. The van der Waals surface area contributed by atoms with E-state index >= 15 is 0 Å². The van der Waals surface area contributed by atoms with Gasteiger partial charge in [0, 0.05) is 24.9 Å². The maximum Gasteiger partial charge on any atom is 0.317 e. The van der Waals surface area contributed by atoms with Crippen molar-refractivity contribution in [3.05, 3.63) is 16.1 Å². The highest BCUT2D eigenvalue weighted by Crippen LogP contribution is 2.14. The van der Waals surface area contributed by atoms with Crippen molar-refractivity contribution < 1.29 is 14.7 Å². The van der Waals surface area contributed by atoms with Crippen LogP contribution in [0.1, 0.15) is 30.3 Å². The molecule has 0 radical (unpaired) electrons. The van der Waals surface area contributed by atoms with Crippen LogP contribution in [-0.4, -0.2) is 40.6 Å². The smallest absolute Gasteiger partial charge is 0.317 e. The van der Waals surface area contributed by atoms with E-state index in [4.69, 9.17) is 5.11 Å². The summed E-state index contributed by atoms with van der Waals surface area (Å²) in [4.78, 5) is 29.2. The third-order valence-corrected chi connectivity index (χ3v) is 3.94. The molecule has 7 heteroatoms. The quantitative estimate of drug-likeness (QED) is 0.807. The molecule has 6 nitrogen and oxygen atoms in total. The Bertz CT molecular complexity index is 461. The molecule has 0 saturated heterocycles. The summed E-state index contributed by atoms with van der Waals surface area (Å²) in [5.74, 6) is -0.658. The van der Waals surface area contributed by atoms with Crippen LogP contribution in [0, 0.1) is 12.8 Å². The van der Waals surface area contributed by atoms with Crippen molar-refractivity contribution in [2.75, 3.05) is 13.6 Å². The lowest BCUT2D eigenvalue weighted by molar-refractivity contribution is -0.137. The normalized spacial score (nSPS) is 11.9. The summed E-state index contributed by atoms with van der Waals surface area (Å²) in [5.41, 5.74) is 2.72. The predicted molar refractivity (Wildman–Crippen MR) is 77.8 cm³/mol. The van der Waals surface area contributed by atoms with Gasteiger partial charge in [0.25, 0.3) is 0 Å². The van der Waals surface area contributed by atoms with Crippen LogP contribution in [0.2, 0.25) is 0 Å². The zero-order valence-corrected chi connectivity index (χ0v) is 12.9. The monoisotopic (exact) mass is 299 g/mol. The van der Waals surface area contributed by atoms with Crippen molar-refractivity contribution >= 4 is 23.3 Å². The molecule has 0 aromatic carbocycles. The molecule has 1 atom stereocenters. The average molecular weight is 299 g/mol. The van der Waals surface area contributed by atoms with Gasteiger partial charge in [0.1, 0.15) is 0 Å². The number of nitrogens with zero attached hydrogens (tertiary/aromatic N) is 2. The van der Waals surface area contributed by atoms with Gasteiger partial charge in [-0.2, -0.15) is 0 Å². The van der Waals surface area contributed by atoms with Crippen LogP contribution < -0.4 is 5.32 Å². The second-order valence-corrected chi connectivity index (χ2v) is 5.88. The minimum absolute atomic E-state index is 0.132. The molecule has 112 valence electrons. The van der Waals surface area contributed by atoms with E-state index in [0.717, 1.165) is 10.6 Å². The summed E-state index contributed by atoms with van der Waals surface area (Å²) in [6.45, 7) is 4.87. The number of urea groups is 1. The maximum absolute atomic E-state index is 11.9. The van der Waals surface area contributed by atoms with E-state index in [1.165, 1.54) is 11.3 Å². The summed E-state index contributed by atoms with van der Waals surface area (Å²) in [6.07, 6.45) is 0.695. The van der Waals surface area contributed by atoms with E-state index in [1.807, 2.05) is 13.8 Å². The van der Waals surface area contributed by atoms with Crippen molar-refractivity contribution in [2.45, 2.75) is 33.2 Å². The van der Waals surface area contributed by atoms with Gasteiger partial charge < -0.3 is 15.3 Å². The number of nitrogens with one attached hydrogen (secondary N) is 1. The Kier molecular flexibility index (Phi) is 6.44. The first kappa shape index (κ1) is 16.4. The number of aromatic nitrogens is 1. The average Bonchev–Trinajstić information content (AvgIpc) is 2.79. The summed E-state index contributed by atoms with van der Waals surface area (Å²) < 4.78 is 0. The minimum atomic E-state index is -0.805. The number of aliphatic carboxylic acids is 1. The lowest BCUT2D eigenvalue weighted by atomic mass is 10.1. The number of carbonyl (C=O) groups excluding carboxylic acids is 1. The molecule has 20 heavy (non-hydrogen) atoms. The first-order chi connectivity index (χ1) is 9.40. The van der Waals surface area contributed by atoms with E-state index in [-0.39, 0.29) is 18.4 Å². The van der Waals surface area contributed by atoms with Crippen molar-refractivity contribution in [1.29, 1.82) is 0 Å². The standard InChI is InChI=1S/C13H21N3O3S/c1-9(4-5-12(17)18)6-14-13(19)16(3)7-11-10(2)15-8-20-11/h8-9H,4-7H2,1-3H3,(H,14,19)(H,17,18). The third-order valence-electron chi connectivity index (χ3n) is 3.03. The van der Waals surface area contributed by atoms with Crippen LogP contribution in [0.5, 0.6) is 0 Å². The summed E-state index contributed by atoms with van der Waals surface area (Å²) in [7, 11) is 1.73. The molecule has 0 bridgehead atoms. The number of carbonyl (C=O) groups is 2. The Labute approximate surface area is 122 Å². The Morgan fingerprint density at radius 2 is 2.25 bits per heavy atom. The van der Waals surface area contributed by atoms with Crippen LogP contribution in [0.25, 0.3) is 0 Å². The van der Waals surface area contributed by atoms with E-state index in [0.29, 0.717) is 19.5 Å². The van der Waals surface area contributed by atoms with Gasteiger partial charge in [-0.05, 0) is 19.3 Å². The van der Waals surface area contributed by atoms with Gasteiger partial charge in [-0.15, -0.1) is 11.3 Å². The minimum Gasteiger partial charge on any atom is -0.481 e. The molecular weight excluding hydrogens is 278 g/mol. The first-order valence-corrected chi connectivity index (χ1v) is 7.37. The third kappa shape index (κ3) is 5.56. The van der Waals surface area contributed by atoms with Gasteiger partial charge >= 0.3 is 12.0 Å². The van der Waals surface area contributed by atoms with Gasteiger partial charge in [-0.3, -0.25) is 4.79 Å². The van der Waals surface area contributed by atoms with Crippen LogP contribution in [0.15, 0.2) is 5.51 Å². The van der Waals surface area contributed by atoms with Crippen LogP contribution >= 0.6 is 11.3 Å². The van der Waals surface area contributed by atoms with E-state index in [1.54, 1.807) is 17.5 Å². The second kappa shape index (κ2) is 7.84. The molecule has 0 fully saturated rings. The number of amides is 2. The topological polar surface area (TPSA) is 82.5 Å². The van der Waals surface area contributed by atoms with E-state index < -0.39 is 5.97 Å². The number of rotatable bonds is 7. The number of carboxylic acid groups (broad SMARTS) is 1. The molecular formula is C13H21N3O3S. The molecule has 0 aliphatic carbocycles. The molecule has 0 aliphatic rings. The Hall–Kier alpha value is -1.63. The van der Waals surface area contributed by atoms with Gasteiger partial charge in [0.05, 0.1) is 17.7 Å². The predicted octanol–water partition coefficient (Wildman–Crippen LogP) is 2.09. The number of hydrogen-bond donors (Lipinski definition) is 2. The molecule has 1 aromatic rings. The zero-order valence-electron chi connectivity index (χ0n) is 12.0. The molecule has 1 rings (SSSR count). The lowest BCUT2D eigenvalue weighted by Crippen LogP contribution is -2.38. The van der Waals surface area contributed by atoms with Gasteiger partial charge in [-0.25, -0.2) is 9.78 Å². The molecule has 1 aromatic heterocycles. The fourth-order valence-electron chi connectivity index (χ4n) is 1.63. The van der Waals surface area contributed by atoms with Crippen LogP contribution in [0.3, 0.4) is 0 Å². The highest BCUT2D eigenvalue weighted by Gasteiger charge is 2.13. The van der Waals surface area contributed by atoms with Crippen LogP contribution in [-0.2, 0) is 11.3 Å². The molecule has 2 N–H and O–H groups in total. The van der Waals surface area contributed by atoms with Crippen molar-refractivity contribution in [3.8, 4) is 0 Å². The highest BCUT2D eigenvalue weighted by atomic mass is 32.1. The summed E-state index contributed by atoms with van der Waals surface area (Å²) in [6, 6.07) is -0.153. The molecule has 0 saturated carbocycles. The van der Waals surface area contributed by atoms with E-state index in [9.17, 15) is 9.59 Å². The van der Waals surface area contributed by atoms with Crippen molar-refractivity contribution in [1.82, 2.24) is 15.2 Å². The Morgan fingerprint density at radius 1 is 1.55 bits per heavy atom. The molecule has 1 unspecified atom stereocenters. The molecule has 2 amide bonds. The van der Waals surface area contributed by atoms with Crippen LogP contribution in [0.4, 0.5) is 4.79 Å². The Balaban J connectivity index is 2.31. The fraction of sp³-hybridized carbons (Fsp3) is 0.615. The number of aryl methyl sites for hydroxylation is 1. The van der Waals surface area contributed by atoms with Gasteiger partial charge in [0.2, 0.25) is 0 Å². The zero-order chi connectivity index (χ0) is 15.1.